The van der Waals surface area contributed by atoms with Gasteiger partial charge in [0.15, 0.2) is 11.5 Å². The molecule has 0 radical (unpaired) electrons. The van der Waals surface area contributed by atoms with E-state index >= 15 is 0 Å². The number of alkyl halides is 1. The Morgan fingerprint density at radius 3 is 2.65 bits per heavy atom. The fraction of sp³-hybridized carbons (Fsp3) is 0.647. The second-order valence-electron chi connectivity index (χ2n) is 5.75. The number of unbranched alkanes of at least 4 members (excludes halogenated alkanes) is 3. The Morgan fingerprint density at radius 1 is 1.15 bits per heavy atom. The molecule has 1 aliphatic heterocycles. The average Bonchev–Trinajstić information content (AvgIpc) is 2.65. The molecule has 0 bridgehead atoms. The van der Waals surface area contributed by atoms with Crippen LogP contribution in [0.25, 0.3) is 0 Å². The highest BCUT2D eigenvalue weighted by molar-refractivity contribution is 9.09. The summed E-state index contributed by atoms with van der Waals surface area (Å²) in [5, 5.41) is 0. The van der Waals surface area contributed by atoms with E-state index in [4.69, 9.17) is 9.47 Å². The highest BCUT2D eigenvalue weighted by Gasteiger charge is 2.17. The van der Waals surface area contributed by atoms with E-state index in [-0.39, 0.29) is 0 Å². The molecule has 2 rings (SSSR count). The summed E-state index contributed by atoms with van der Waals surface area (Å²) >= 11 is 3.80. The molecule has 0 spiro atoms. The molecule has 1 aliphatic rings. The first-order valence-electron chi connectivity index (χ1n) is 7.74. The molecule has 1 aromatic rings. The van der Waals surface area contributed by atoms with Crippen molar-refractivity contribution in [3.05, 3.63) is 23.8 Å². The molecule has 0 aliphatic carbocycles. The van der Waals surface area contributed by atoms with Gasteiger partial charge in [0.25, 0.3) is 0 Å². The SMILES string of the molecule is CCCCCCC(Br)c1ccc2c(c1)OCC(C)CO2. The molecule has 112 valence electrons. The Balaban J connectivity index is 1.96. The first kappa shape index (κ1) is 15.7. The summed E-state index contributed by atoms with van der Waals surface area (Å²) in [4.78, 5) is 0.411. The van der Waals surface area contributed by atoms with Crippen molar-refractivity contribution in [3.63, 3.8) is 0 Å². The van der Waals surface area contributed by atoms with Crippen LogP contribution < -0.4 is 9.47 Å². The van der Waals surface area contributed by atoms with Crippen LogP contribution in [0.5, 0.6) is 11.5 Å². The minimum atomic E-state index is 0.411. The number of rotatable bonds is 6. The summed E-state index contributed by atoms with van der Waals surface area (Å²) < 4.78 is 11.6. The van der Waals surface area contributed by atoms with Gasteiger partial charge in [-0.2, -0.15) is 0 Å². The largest absolute Gasteiger partial charge is 0.489 e. The first-order chi connectivity index (χ1) is 9.70. The second-order valence-corrected chi connectivity index (χ2v) is 6.86. The van der Waals surface area contributed by atoms with E-state index in [0.717, 1.165) is 24.7 Å². The lowest BCUT2D eigenvalue weighted by atomic mass is 10.0. The molecule has 3 heteroatoms. The monoisotopic (exact) mass is 340 g/mol. The summed E-state index contributed by atoms with van der Waals surface area (Å²) in [6.07, 6.45) is 6.39. The maximum atomic E-state index is 5.85. The van der Waals surface area contributed by atoms with Gasteiger partial charge in [-0.1, -0.05) is 61.5 Å². The summed E-state index contributed by atoms with van der Waals surface area (Å²) in [5.41, 5.74) is 1.29. The van der Waals surface area contributed by atoms with Gasteiger partial charge in [0.2, 0.25) is 0 Å². The van der Waals surface area contributed by atoms with Crippen molar-refractivity contribution in [3.8, 4) is 11.5 Å². The molecule has 0 aromatic heterocycles. The van der Waals surface area contributed by atoms with Gasteiger partial charge < -0.3 is 9.47 Å². The fourth-order valence-electron chi connectivity index (χ4n) is 2.38. The number of hydrogen-bond acceptors (Lipinski definition) is 2. The molecule has 1 aromatic carbocycles. The first-order valence-corrected chi connectivity index (χ1v) is 8.66. The van der Waals surface area contributed by atoms with Gasteiger partial charge in [0.05, 0.1) is 13.2 Å². The zero-order chi connectivity index (χ0) is 14.4. The Labute approximate surface area is 131 Å². The highest BCUT2D eigenvalue weighted by Crippen LogP contribution is 2.37. The van der Waals surface area contributed by atoms with E-state index in [1.54, 1.807) is 0 Å². The maximum absolute atomic E-state index is 5.85. The van der Waals surface area contributed by atoms with Crippen molar-refractivity contribution in [2.24, 2.45) is 5.92 Å². The number of hydrogen-bond donors (Lipinski definition) is 0. The third-order valence-electron chi connectivity index (χ3n) is 3.69. The van der Waals surface area contributed by atoms with Crippen molar-refractivity contribution >= 4 is 15.9 Å². The smallest absolute Gasteiger partial charge is 0.161 e. The minimum absolute atomic E-state index is 0.411. The molecule has 2 atom stereocenters. The minimum Gasteiger partial charge on any atom is -0.489 e. The van der Waals surface area contributed by atoms with Crippen molar-refractivity contribution in [2.75, 3.05) is 13.2 Å². The van der Waals surface area contributed by atoms with E-state index in [1.807, 2.05) is 6.07 Å². The lowest BCUT2D eigenvalue weighted by molar-refractivity contribution is 0.228. The van der Waals surface area contributed by atoms with Crippen LogP contribution in [0, 0.1) is 5.92 Å². The zero-order valence-corrected chi connectivity index (χ0v) is 14.1. The maximum Gasteiger partial charge on any atom is 0.161 e. The van der Waals surface area contributed by atoms with Crippen LogP contribution in [0.1, 0.15) is 56.3 Å². The van der Waals surface area contributed by atoms with Gasteiger partial charge in [0, 0.05) is 10.7 Å². The Hall–Kier alpha value is -0.700. The van der Waals surface area contributed by atoms with Crippen molar-refractivity contribution in [1.29, 1.82) is 0 Å². The summed E-state index contributed by atoms with van der Waals surface area (Å²) in [5.74, 6) is 2.22. The van der Waals surface area contributed by atoms with E-state index in [9.17, 15) is 0 Å². The van der Waals surface area contributed by atoms with Crippen LogP contribution in [0.15, 0.2) is 18.2 Å². The van der Waals surface area contributed by atoms with Crippen molar-refractivity contribution in [1.82, 2.24) is 0 Å². The Bertz CT molecular complexity index is 419. The molecular formula is C17H25BrO2. The molecule has 2 unspecified atom stereocenters. The van der Waals surface area contributed by atoms with Crippen LogP contribution in [-0.4, -0.2) is 13.2 Å². The van der Waals surface area contributed by atoms with Gasteiger partial charge in [-0.3, -0.25) is 0 Å². The van der Waals surface area contributed by atoms with Crippen LogP contribution in [0.4, 0.5) is 0 Å². The molecule has 0 amide bonds. The Kier molecular flexibility index (Phi) is 6.21. The average molecular weight is 341 g/mol. The van der Waals surface area contributed by atoms with Gasteiger partial charge in [-0.25, -0.2) is 0 Å². The molecule has 0 N–H and O–H groups in total. The van der Waals surface area contributed by atoms with Crippen LogP contribution in [-0.2, 0) is 0 Å². The van der Waals surface area contributed by atoms with E-state index < -0.39 is 0 Å². The molecule has 20 heavy (non-hydrogen) atoms. The van der Waals surface area contributed by atoms with Gasteiger partial charge in [-0.05, 0) is 24.1 Å². The Morgan fingerprint density at radius 2 is 1.90 bits per heavy atom. The predicted octanol–water partition coefficient (Wildman–Crippen LogP) is 5.50. The molecule has 0 fully saturated rings. The van der Waals surface area contributed by atoms with E-state index in [2.05, 4.69) is 41.9 Å². The van der Waals surface area contributed by atoms with Crippen LogP contribution in [0.2, 0.25) is 0 Å². The standard InChI is InChI=1S/C17H25BrO2/c1-3-4-5-6-7-15(18)14-8-9-16-17(10-14)20-12-13(2)11-19-16/h8-10,13,15H,3-7,11-12H2,1-2H3. The van der Waals surface area contributed by atoms with Gasteiger partial charge >= 0.3 is 0 Å². The number of ether oxygens (including phenoxy) is 2. The molecular weight excluding hydrogens is 316 g/mol. The van der Waals surface area contributed by atoms with Crippen molar-refractivity contribution < 1.29 is 9.47 Å². The van der Waals surface area contributed by atoms with Gasteiger partial charge in [-0.15, -0.1) is 0 Å². The quantitative estimate of drug-likeness (QED) is 0.502. The van der Waals surface area contributed by atoms with Crippen molar-refractivity contribution in [2.45, 2.75) is 50.8 Å². The summed E-state index contributed by atoms with van der Waals surface area (Å²) in [7, 11) is 0. The fourth-order valence-corrected chi connectivity index (χ4v) is 2.99. The molecule has 1 heterocycles. The second kappa shape index (κ2) is 7.92. The number of halogens is 1. The zero-order valence-electron chi connectivity index (χ0n) is 12.5. The summed E-state index contributed by atoms with van der Waals surface area (Å²) in [6, 6.07) is 6.33. The highest BCUT2D eigenvalue weighted by atomic mass is 79.9. The van der Waals surface area contributed by atoms with Crippen LogP contribution in [0.3, 0.4) is 0 Å². The lowest BCUT2D eigenvalue weighted by Gasteiger charge is -2.13. The molecule has 0 saturated carbocycles. The van der Waals surface area contributed by atoms with E-state index in [1.165, 1.54) is 37.7 Å². The predicted molar refractivity (Wildman–Crippen MR) is 87.0 cm³/mol. The number of fused-ring (bicyclic) bond motifs is 1. The molecule has 0 saturated heterocycles. The van der Waals surface area contributed by atoms with E-state index in [0.29, 0.717) is 10.7 Å². The van der Waals surface area contributed by atoms with Gasteiger partial charge in [0.1, 0.15) is 0 Å². The topological polar surface area (TPSA) is 18.5 Å². The normalized spacial score (nSPS) is 19.4. The lowest BCUT2D eigenvalue weighted by Crippen LogP contribution is -2.12. The number of benzene rings is 1. The van der Waals surface area contributed by atoms with Crippen LogP contribution >= 0.6 is 15.9 Å². The third kappa shape index (κ3) is 4.41. The molecule has 2 nitrogen and oxygen atoms in total. The summed E-state index contributed by atoms with van der Waals surface area (Å²) in [6.45, 7) is 5.87. The third-order valence-corrected chi connectivity index (χ3v) is 4.67.